The summed E-state index contributed by atoms with van der Waals surface area (Å²) in [4.78, 5) is 13.9. The second-order valence-electron chi connectivity index (χ2n) is 5.55. The van der Waals surface area contributed by atoms with Crippen LogP contribution < -0.4 is 10.1 Å². The molecule has 0 aromatic heterocycles. The van der Waals surface area contributed by atoms with Gasteiger partial charge in [-0.05, 0) is 25.0 Å². The average Bonchev–Trinajstić information content (AvgIpc) is 2.52. The minimum Gasteiger partial charge on any atom is -0.489 e. The lowest BCUT2D eigenvalue weighted by atomic mass is 10.1. The Hall–Kier alpha value is -2.02. The smallest absolute Gasteiger partial charge is 0.321 e. The van der Waals surface area contributed by atoms with Crippen molar-refractivity contribution in [1.29, 1.82) is 0 Å². The number of urea groups is 1. The van der Waals surface area contributed by atoms with Gasteiger partial charge in [-0.2, -0.15) is 0 Å². The molecule has 1 aromatic rings. The summed E-state index contributed by atoms with van der Waals surface area (Å²) in [7, 11) is -1.24. The topological polar surface area (TPSA) is 75.7 Å². The minimum absolute atomic E-state index is 0.0567. The van der Waals surface area contributed by atoms with Crippen LogP contribution in [-0.4, -0.2) is 50.6 Å². The maximum Gasteiger partial charge on any atom is 0.321 e. The van der Waals surface area contributed by atoms with Crippen molar-refractivity contribution in [2.45, 2.75) is 18.9 Å². The third kappa shape index (κ3) is 4.99. The minimum atomic E-state index is -2.93. The molecule has 0 spiro atoms. The number of hydrogen-bond donors (Lipinski definition) is 1. The van der Waals surface area contributed by atoms with Gasteiger partial charge in [0, 0.05) is 24.8 Å². The fourth-order valence-electron chi connectivity index (χ4n) is 2.46. The highest BCUT2D eigenvalue weighted by atomic mass is 32.2. The molecule has 1 N–H and O–H groups in total. The van der Waals surface area contributed by atoms with E-state index in [1.165, 1.54) is 0 Å². The molecular formula is C16H22N2O4S. The van der Waals surface area contributed by atoms with E-state index in [1.54, 1.807) is 42.3 Å². The monoisotopic (exact) mass is 338 g/mol. The first kappa shape index (κ1) is 17.3. The highest BCUT2D eigenvalue weighted by Gasteiger charge is 2.28. The normalized spacial score (nSPS) is 17.3. The standard InChI is InChI=1S/C16H22N2O4S/c1-3-9-22-15-6-4-5-13(12-15)17-16(19)18(2)14-7-10-23(20,21)11-8-14/h3-6,12,14H,1,7-11H2,2H3,(H,17,19). The van der Waals surface area contributed by atoms with Gasteiger partial charge >= 0.3 is 6.03 Å². The second-order valence-corrected chi connectivity index (χ2v) is 7.86. The number of benzene rings is 1. The molecule has 0 radical (unpaired) electrons. The van der Waals surface area contributed by atoms with E-state index in [1.807, 2.05) is 0 Å². The Morgan fingerprint density at radius 2 is 2.13 bits per heavy atom. The lowest BCUT2D eigenvalue weighted by Crippen LogP contribution is -2.44. The van der Waals surface area contributed by atoms with Crippen LogP contribution in [0.1, 0.15) is 12.8 Å². The van der Waals surface area contributed by atoms with E-state index in [0.717, 1.165) is 0 Å². The van der Waals surface area contributed by atoms with Gasteiger partial charge in [-0.25, -0.2) is 13.2 Å². The molecule has 0 unspecified atom stereocenters. The first-order valence-electron chi connectivity index (χ1n) is 7.49. The summed E-state index contributed by atoms with van der Waals surface area (Å²) < 4.78 is 28.4. The lowest BCUT2D eigenvalue weighted by Gasteiger charge is -2.31. The van der Waals surface area contributed by atoms with Gasteiger partial charge in [-0.1, -0.05) is 18.7 Å². The molecule has 0 atom stereocenters. The third-order valence-corrected chi connectivity index (χ3v) is 5.56. The quantitative estimate of drug-likeness (QED) is 0.836. The summed E-state index contributed by atoms with van der Waals surface area (Å²) in [6.07, 6.45) is 2.61. The van der Waals surface area contributed by atoms with Crippen molar-refractivity contribution in [1.82, 2.24) is 4.90 Å². The van der Waals surface area contributed by atoms with Crippen molar-refractivity contribution in [3.8, 4) is 5.75 Å². The van der Waals surface area contributed by atoms with Crippen LogP contribution in [0.25, 0.3) is 0 Å². The van der Waals surface area contributed by atoms with E-state index < -0.39 is 9.84 Å². The molecule has 0 saturated carbocycles. The van der Waals surface area contributed by atoms with E-state index in [0.29, 0.717) is 30.9 Å². The van der Waals surface area contributed by atoms with Gasteiger partial charge in [-0.15, -0.1) is 0 Å². The van der Waals surface area contributed by atoms with E-state index in [2.05, 4.69) is 11.9 Å². The molecule has 1 aliphatic heterocycles. The van der Waals surface area contributed by atoms with Crippen LogP contribution in [0.15, 0.2) is 36.9 Å². The van der Waals surface area contributed by atoms with Crippen LogP contribution in [0, 0.1) is 0 Å². The summed E-state index contributed by atoms with van der Waals surface area (Å²) >= 11 is 0. The van der Waals surface area contributed by atoms with E-state index >= 15 is 0 Å². The predicted octanol–water partition coefficient (Wildman–Crippen LogP) is 2.29. The van der Waals surface area contributed by atoms with Crippen LogP contribution in [0.4, 0.5) is 10.5 Å². The molecule has 1 aliphatic rings. The summed E-state index contributed by atoms with van der Waals surface area (Å²) in [5.74, 6) is 0.925. The Bertz CT molecular complexity index is 658. The average molecular weight is 338 g/mol. The maximum atomic E-state index is 12.3. The Morgan fingerprint density at radius 3 is 2.78 bits per heavy atom. The molecular weight excluding hydrogens is 316 g/mol. The molecule has 1 aromatic carbocycles. The van der Waals surface area contributed by atoms with Crippen molar-refractivity contribution >= 4 is 21.6 Å². The van der Waals surface area contributed by atoms with Crippen LogP contribution in [-0.2, 0) is 9.84 Å². The second kappa shape index (κ2) is 7.50. The number of nitrogens with zero attached hydrogens (tertiary/aromatic N) is 1. The van der Waals surface area contributed by atoms with Crippen molar-refractivity contribution in [2.24, 2.45) is 0 Å². The zero-order chi connectivity index (χ0) is 16.9. The number of anilines is 1. The van der Waals surface area contributed by atoms with Crippen molar-refractivity contribution in [3.05, 3.63) is 36.9 Å². The Kier molecular flexibility index (Phi) is 5.65. The molecule has 1 fully saturated rings. The van der Waals surface area contributed by atoms with Gasteiger partial charge in [0.2, 0.25) is 0 Å². The fourth-order valence-corrected chi connectivity index (χ4v) is 3.93. The number of carbonyl (C=O) groups is 1. The van der Waals surface area contributed by atoms with E-state index in [-0.39, 0.29) is 23.6 Å². The zero-order valence-electron chi connectivity index (χ0n) is 13.2. The van der Waals surface area contributed by atoms with Crippen LogP contribution >= 0.6 is 0 Å². The van der Waals surface area contributed by atoms with Crippen LogP contribution in [0.3, 0.4) is 0 Å². The summed E-state index contributed by atoms with van der Waals surface area (Å²) in [5, 5.41) is 2.81. The maximum absolute atomic E-state index is 12.3. The molecule has 23 heavy (non-hydrogen) atoms. The van der Waals surface area contributed by atoms with E-state index in [4.69, 9.17) is 4.74 Å². The van der Waals surface area contributed by atoms with Gasteiger partial charge < -0.3 is 15.0 Å². The van der Waals surface area contributed by atoms with Gasteiger partial charge in [0.1, 0.15) is 22.2 Å². The van der Waals surface area contributed by atoms with Crippen LogP contribution in [0.5, 0.6) is 5.75 Å². The lowest BCUT2D eigenvalue weighted by molar-refractivity contribution is 0.199. The largest absolute Gasteiger partial charge is 0.489 e. The Balaban J connectivity index is 1.94. The Morgan fingerprint density at radius 1 is 1.43 bits per heavy atom. The highest BCUT2D eigenvalue weighted by Crippen LogP contribution is 2.20. The molecule has 1 saturated heterocycles. The van der Waals surface area contributed by atoms with Gasteiger partial charge in [-0.3, -0.25) is 0 Å². The molecule has 0 aliphatic carbocycles. The fraction of sp³-hybridized carbons (Fsp3) is 0.438. The SMILES string of the molecule is C=CCOc1cccc(NC(=O)N(C)C2CCS(=O)(=O)CC2)c1. The Labute approximate surface area is 137 Å². The first-order valence-corrected chi connectivity index (χ1v) is 9.31. The number of ether oxygens (including phenoxy) is 1. The summed E-state index contributed by atoms with van der Waals surface area (Å²) in [6, 6.07) is 6.79. The zero-order valence-corrected chi connectivity index (χ0v) is 14.0. The number of hydrogen-bond acceptors (Lipinski definition) is 4. The number of rotatable bonds is 5. The highest BCUT2D eigenvalue weighted by molar-refractivity contribution is 7.91. The van der Waals surface area contributed by atoms with Crippen LogP contribution in [0.2, 0.25) is 0 Å². The van der Waals surface area contributed by atoms with E-state index in [9.17, 15) is 13.2 Å². The number of amides is 2. The first-order chi connectivity index (χ1) is 10.9. The van der Waals surface area contributed by atoms with Gasteiger partial charge in [0.15, 0.2) is 0 Å². The number of carbonyl (C=O) groups excluding carboxylic acids is 1. The molecule has 2 amide bonds. The number of nitrogens with one attached hydrogen (secondary N) is 1. The molecule has 6 nitrogen and oxygen atoms in total. The third-order valence-electron chi connectivity index (χ3n) is 3.85. The summed E-state index contributed by atoms with van der Waals surface area (Å²) in [5.41, 5.74) is 0.631. The molecule has 126 valence electrons. The van der Waals surface area contributed by atoms with Crippen molar-refractivity contribution in [2.75, 3.05) is 30.5 Å². The molecule has 1 heterocycles. The molecule has 0 bridgehead atoms. The van der Waals surface area contributed by atoms with Gasteiger partial charge in [0.25, 0.3) is 0 Å². The van der Waals surface area contributed by atoms with Gasteiger partial charge in [0.05, 0.1) is 11.5 Å². The van der Waals surface area contributed by atoms with Crippen molar-refractivity contribution in [3.63, 3.8) is 0 Å². The molecule has 2 rings (SSSR count). The predicted molar refractivity (Wildman–Crippen MR) is 90.6 cm³/mol. The number of sulfone groups is 1. The van der Waals surface area contributed by atoms with Crippen molar-refractivity contribution < 1.29 is 17.9 Å². The molecule has 7 heteroatoms. The summed E-state index contributed by atoms with van der Waals surface area (Å²) in [6.45, 7) is 3.98.